The van der Waals surface area contributed by atoms with Crippen LogP contribution in [0.1, 0.15) is 63.8 Å². The SMILES string of the molecule is C.C.C.C.CCC(C)(C)C(=O)OC(C)C1CO1. The number of carbonyl (C=O) groups is 1. The molecule has 0 aliphatic carbocycles. The molecule has 0 spiro atoms. The molecule has 2 unspecified atom stereocenters. The van der Waals surface area contributed by atoms with E-state index in [2.05, 4.69) is 0 Å². The Hall–Kier alpha value is -0.570. The Morgan fingerprint density at radius 2 is 1.76 bits per heavy atom. The zero-order valence-electron chi connectivity index (χ0n) is 8.79. The van der Waals surface area contributed by atoms with E-state index >= 15 is 0 Å². The molecule has 0 N–H and O–H groups in total. The monoisotopic (exact) mass is 250 g/mol. The van der Waals surface area contributed by atoms with E-state index in [1.807, 2.05) is 27.7 Å². The van der Waals surface area contributed by atoms with Crippen LogP contribution in [-0.4, -0.2) is 24.8 Å². The largest absolute Gasteiger partial charge is 0.459 e. The highest BCUT2D eigenvalue weighted by Crippen LogP contribution is 2.25. The molecule has 108 valence electrons. The summed E-state index contributed by atoms with van der Waals surface area (Å²) in [7, 11) is 0. The molecule has 1 rings (SSSR count). The minimum atomic E-state index is -0.372. The van der Waals surface area contributed by atoms with Crippen molar-refractivity contribution in [2.75, 3.05) is 6.61 Å². The molecule has 0 aromatic rings. The zero-order chi connectivity index (χ0) is 10.1. The second-order valence-electron chi connectivity index (χ2n) is 4.22. The van der Waals surface area contributed by atoms with Crippen molar-refractivity contribution in [2.45, 2.75) is 76.0 Å². The van der Waals surface area contributed by atoms with Crippen LogP contribution in [0, 0.1) is 5.41 Å². The lowest BCUT2D eigenvalue weighted by molar-refractivity contribution is -0.159. The average molecular weight is 250 g/mol. The molecule has 1 saturated heterocycles. The van der Waals surface area contributed by atoms with Crippen molar-refractivity contribution in [1.29, 1.82) is 0 Å². The van der Waals surface area contributed by atoms with Crippen LogP contribution in [0.5, 0.6) is 0 Å². The van der Waals surface area contributed by atoms with Gasteiger partial charge in [0, 0.05) is 0 Å². The molecule has 0 amide bonds. The number of epoxide rings is 1. The topological polar surface area (TPSA) is 38.8 Å². The first-order chi connectivity index (χ1) is 5.97. The van der Waals surface area contributed by atoms with Gasteiger partial charge in [-0.1, -0.05) is 36.6 Å². The van der Waals surface area contributed by atoms with Gasteiger partial charge in [0.05, 0.1) is 12.0 Å². The van der Waals surface area contributed by atoms with Gasteiger partial charge in [0.1, 0.15) is 12.2 Å². The van der Waals surface area contributed by atoms with Gasteiger partial charge in [0.2, 0.25) is 0 Å². The Morgan fingerprint density at radius 1 is 1.35 bits per heavy atom. The van der Waals surface area contributed by atoms with Crippen molar-refractivity contribution in [3.63, 3.8) is 0 Å². The van der Waals surface area contributed by atoms with Gasteiger partial charge in [-0.05, 0) is 27.2 Å². The second-order valence-corrected chi connectivity index (χ2v) is 4.22. The Morgan fingerprint density at radius 3 is 2.06 bits per heavy atom. The predicted molar refractivity (Wildman–Crippen MR) is 76.3 cm³/mol. The van der Waals surface area contributed by atoms with Gasteiger partial charge < -0.3 is 9.47 Å². The molecule has 17 heavy (non-hydrogen) atoms. The van der Waals surface area contributed by atoms with Gasteiger partial charge in [0.15, 0.2) is 0 Å². The molecule has 1 aliphatic rings. The molecule has 0 bridgehead atoms. The summed E-state index contributed by atoms with van der Waals surface area (Å²) in [6, 6.07) is 0. The molecule has 3 nitrogen and oxygen atoms in total. The van der Waals surface area contributed by atoms with Crippen LogP contribution in [0.3, 0.4) is 0 Å². The second kappa shape index (κ2) is 9.46. The van der Waals surface area contributed by atoms with Crippen molar-refractivity contribution in [1.82, 2.24) is 0 Å². The van der Waals surface area contributed by atoms with Crippen LogP contribution >= 0.6 is 0 Å². The Bertz CT molecular complexity index is 196. The van der Waals surface area contributed by atoms with Crippen LogP contribution < -0.4 is 0 Å². The third-order valence-electron chi connectivity index (χ3n) is 2.61. The molecule has 0 saturated carbocycles. The van der Waals surface area contributed by atoms with Crippen LogP contribution in [-0.2, 0) is 14.3 Å². The maximum absolute atomic E-state index is 11.6. The molecule has 0 radical (unpaired) electrons. The van der Waals surface area contributed by atoms with Crippen LogP contribution in [0.15, 0.2) is 0 Å². The standard InChI is InChI=1S/C10H18O3.4CH4/c1-5-10(3,4)9(11)13-7(2)8-6-12-8;;;;/h7-8H,5-6H2,1-4H3;4*1H4. The first kappa shape index (κ1) is 25.3. The van der Waals surface area contributed by atoms with E-state index in [-0.39, 0.29) is 53.3 Å². The molecular weight excluding hydrogens is 216 g/mol. The molecular formula is C14H34O3. The molecule has 2 atom stereocenters. The summed E-state index contributed by atoms with van der Waals surface area (Å²) in [5, 5.41) is 0. The predicted octanol–water partition coefficient (Wildman–Crippen LogP) is 4.30. The fourth-order valence-electron chi connectivity index (χ4n) is 0.875. The zero-order valence-corrected chi connectivity index (χ0v) is 8.79. The van der Waals surface area contributed by atoms with Crippen LogP contribution in [0.25, 0.3) is 0 Å². The summed E-state index contributed by atoms with van der Waals surface area (Å²) in [5.41, 5.74) is -0.372. The molecule has 1 fully saturated rings. The van der Waals surface area contributed by atoms with Gasteiger partial charge >= 0.3 is 5.97 Å². The Labute approximate surface area is 109 Å². The van der Waals surface area contributed by atoms with E-state index in [0.29, 0.717) is 0 Å². The molecule has 1 aliphatic heterocycles. The maximum atomic E-state index is 11.6. The lowest BCUT2D eigenvalue weighted by atomic mass is 9.90. The van der Waals surface area contributed by atoms with Crippen molar-refractivity contribution in [3.8, 4) is 0 Å². The average Bonchev–Trinajstić information content (AvgIpc) is 2.86. The Kier molecular flexibility index (Phi) is 14.1. The van der Waals surface area contributed by atoms with Gasteiger partial charge in [-0.25, -0.2) is 0 Å². The number of rotatable bonds is 4. The number of ether oxygens (including phenoxy) is 2. The van der Waals surface area contributed by atoms with Crippen LogP contribution in [0.4, 0.5) is 0 Å². The number of hydrogen-bond donors (Lipinski definition) is 0. The van der Waals surface area contributed by atoms with Crippen molar-refractivity contribution in [2.24, 2.45) is 5.41 Å². The summed E-state index contributed by atoms with van der Waals surface area (Å²) < 4.78 is 10.3. The molecule has 0 aromatic carbocycles. The summed E-state index contributed by atoms with van der Waals surface area (Å²) in [5.74, 6) is -0.127. The molecule has 1 heterocycles. The third kappa shape index (κ3) is 7.37. The van der Waals surface area contributed by atoms with Crippen molar-refractivity contribution >= 4 is 5.97 Å². The summed E-state index contributed by atoms with van der Waals surface area (Å²) in [6.45, 7) is 8.38. The summed E-state index contributed by atoms with van der Waals surface area (Å²) in [4.78, 5) is 11.6. The van der Waals surface area contributed by atoms with E-state index in [1.54, 1.807) is 0 Å². The lowest BCUT2D eigenvalue weighted by Crippen LogP contribution is -2.31. The summed E-state index contributed by atoms with van der Waals surface area (Å²) in [6.07, 6.45) is 0.833. The first-order valence-corrected chi connectivity index (χ1v) is 4.80. The molecule has 0 aromatic heterocycles. The number of carbonyl (C=O) groups excluding carboxylic acids is 1. The van der Waals surface area contributed by atoms with E-state index < -0.39 is 0 Å². The first-order valence-electron chi connectivity index (χ1n) is 4.80. The minimum absolute atomic E-state index is 0. The maximum Gasteiger partial charge on any atom is 0.311 e. The highest BCUT2D eigenvalue weighted by atomic mass is 16.6. The fraction of sp³-hybridized carbons (Fsp3) is 0.929. The van der Waals surface area contributed by atoms with Crippen molar-refractivity contribution < 1.29 is 14.3 Å². The summed E-state index contributed by atoms with van der Waals surface area (Å²) >= 11 is 0. The highest BCUT2D eigenvalue weighted by Gasteiger charge is 2.35. The normalized spacial score (nSPS) is 18.2. The van der Waals surface area contributed by atoms with Crippen LogP contribution in [0.2, 0.25) is 0 Å². The third-order valence-corrected chi connectivity index (χ3v) is 2.61. The quantitative estimate of drug-likeness (QED) is 0.551. The molecule has 3 heteroatoms. The van der Waals surface area contributed by atoms with Gasteiger partial charge in [0.25, 0.3) is 0 Å². The van der Waals surface area contributed by atoms with Gasteiger partial charge in [-0.3, -0.25) is 4.79 Å². The number of esters is 1. The smallest absolute Gasteiger partial charge is 0.311 e. The lowest BCUT2D eigenvalue weighted by Gasteiger charge is -2.22. The van der Waals surface area contributed by atoms with Crippen molar-refractivity contribution in [3.05, 3.63) is 0 Å². The van der Waals surface area contributed by atoms with Gasteiger partial charge in [-0.15, -0.1) is 0 Å². The Balaban J connectivity index is -0.000000211. The fourth-order valence-corrected chi connectivity index (χ4v) is 0.875. The van der Waals surface area contributed by atoms with E-state index in [1.165, 1.54) is 0 Å². The van der Waals surface area contributed by atoms with Gasteiger partial charge in [-0.2, -0.15) is 0 Å². The van der Waals surface area contributed by atoms with E-state index in [4.69, 9.17) is 9.47 Å². The van der Waals surface area contributed by atoms with E-state index in [9.17, 15) is 4.79 Å². The minimum Gasteiger partial charge on any atom is -0.459 e. The van der Waals surface area contributed by atoms with E-state index in [0.717, 1.165) is 13.0 Å². The number of hydrogen-bond acceptors (Lipinski definition) is 3. The highest BCUT2D eigenvalue weighted by molar-refractivity contribution is 5.76.